The second kappa shape index (κ2) is 7.15. The fraction of sp³-hybridized carbons (Fsp3) is 0. The Morgan fingerprint density at radius 1 is 1.17 bits per heavy atom. The van der Waals surface area contributed by atoms with E-state index in [1.807, 2.05) is 6.07 Å². The summed E-state index contributed by atoms with van der Waals surface area (Å²) in [6, 6.07) is 8.93. The highest BCUT2D eigenvalue weighted by Crippen LogP contribution is 2.14. The molecule has 0 amide bonds. The fourth-order valence-corrected chi connectivity index (χ4v) is 2.09. The summed E-state index contributed by atoms with van der Waals surface area (Å²) in [6.45, 7) is 0. The Bertz CT molecular complexity index is 962. The van der Waals surface area contributed by atoms with Crippen molar-refractivity contribution in [3.63, 3.8) is 0 Å². The van der Waals surface area contributed by atoms with Gasteiger partial charge < -0.3 is 10.1 Å². The van der Waals surface area contributed by atoms with Crippen molar-refractivity contribution in [1.82, 2.24) is 9.97 Å². The predicted octanol–water partition coefficient (Wildman–Crippen LogP) is 2.57. The normalized spacial score (nSPS) is 10.9. The SMILES string of the molecule is N#Cc1c(/C=C/c2ccccc2/C=C/C(=O)O)[nH]c(=S)[nH]c1=O. The van der Waals surface area contributed by atoms with Crippen LogP contribution >= 0.6 is 12.2 Å². The van der Waals surface area contributed by atoms with Crippen molar-refractivity contribution in [1.29, 1.82) is 5.26 Å². The third kappa shape index (κ3) is 4.12. The highest BCUT2D eigenvalue weighted by atomic mass is 32.1. The molecular weight excluding hydrogens is 314 g/mol. The third-order valence-corrected chi connectivity index (χ3v) is 3.12. The number of nitrogens with zero attached hydrogens (tertiary/aromatic N) is 1. The second-order valence-electron chi connectivity index (χ2n) is 4.44. The molecule has 3 N–H and O–H groups in total. The molecule has 0 unspecified atom stereocenters. The lowest BCUT2D eigenvalue weighted by atomic mass is 10.1. The van der Waals surface area contributed by atoms with Crippen LogP contribution in [-0.4, -0.2) is 21.0 Å². The number of carbonyl (C=O) groups is 1. The summed E-state index contributed by atoms with van der Waals surface area (Å²) < 4.78 is 0.118. The van der Waals surface area contributed by atoms with Gasteiger partial charge in [-0.2, -0.15) is 5.26 Å². The minimum Gasteiger partial charge on any atom is -0.478 e. The minimum absolute atomic E-state index is 0.0755. The number of aliphatic carboxylic acids is 1. The van der Waals surface area contributed by atoms with Crippen molar-refractivity contribution in [3.8, 4) is 6.07 Å². The van der Waals surface area contributed by atoms with Gasteiger partial charge in [-0.1, -0.05) is 30.3 Å². The number of nitrogens with one attached hydrogen (secondary N) is 2. The van der Waals surface area contributed by atoms with E-state index in [1.54, 1.807) is 36.4 Å². The molecule has 2 rings (SSSR count). The Morgan fingerprint density at radius 2 is 1.83 bits per heavy atom. The van der Waals surface area contributed by atoms with Gasteiger partial charge in [-0.25, -0.2) is 4.79 Å². The summed E-state index contributed by atoms with van der Waals surface area (Å²) in [5, 5.41) is 17.8. The fourth-order valence-electron chi connectivity index (χ4n) is 1.89. The summed E-state index contributed by atoms with van der Waals surface area (Å²) in [4.78, 5) is 27.4. The Morgan fingerprint density at radius 3 is 2.43 bits per heavy atom. The molecular formula is C16H11N3O3S. The van der Waals surface area contributed by atoms with Crippen LogP contribution in [0.15, 0.2) is 35.1 Å². The van der Waals surface area contributed by atoms with Crippen molar-refractivity contribution >= 4 is 36.4 Å². The lowest BCUT2D eigenvalue weighted by Crippen LogP contribution is -2.13. The van der Waals surface area contributed by atoms with E-state index in [0.29, 0.717) is 11.3 Å². The van der Waals surface area contributed by atoms with Crippen LogP contribution < -0.4 is 5.56 Å². The zero-order valence-electron chi connectivity index (χ0n) is 11.7. The highest BCUT2D eigenvalue weighted by molar-refractivity contribution is 7.71. The van der Waals surface area contributed by atoms with Gasteiger partial charge in [-0.15, -0.1) is 0 Å². The van der Waals surface area contributed by atoms with Crippen molar-refractivity contribution in [2.24, 2.45) is 0 Å². The van der Waals surface area contributed by atoms with Crippen molar-refractivity contribution in [2.75, 3.05) is 0 Å². The van der Waals surface area contributed by atoms with Crippen LogP contribution in [0.3, 0.4) is 0 Å². The van der Waals surface area contributed by atoms with Gasteiger partial charge in [0.25, 0.3) is 5.56 Å². The minimum atomic E-state index is -1.05. The lowest BCUT2D eigenvalue weighted by molar-refractivity contribution is -0.131. The zero-order valence-corrected chi connectivity index (χ0v) is 12.6. The summed E-state index contributed by atoms with van der Waals surface area (Å²) in [5.41, 5.74) is 1.07. The Kier molecular flexibility index (Phi) is 5.02. The molecule has 0 saturated heterocycles. The first-order chi connectivity index (χ1) is 11.0. The van der Waals surface area contributed by atoms with Crippen LogP contribution in [0.4, 0.5) is 0 Å². The number of hydrogen-bond acceptors (Lipinski definition) is 4. The number of carboxylic acid groups (broad SMARTS) is 1. The first kappa shape index (κ1) is 16.1. The van der Waals surface area contributed by atoms with Crippen LogP contribution in [0.25, 0.3) is 18.2 Å². The molecule has 0 aliphatic heterocycles. The number of carboxylic acids is 1. The zero-order chi connectivity index (χ0) is 16.8. The second-order valence-corrected chi connectivity index (χ2v) is 4.85. The molecule has 0 aliphatic rings. The molecule has 1 aromatic carbocycles. The van der Waals surface area contributed by atoms with Crippen molar-refractivity contribution in [2.45, 2.75) is 0 Å². The molecule has 0 bridgehead atoms. The number of benzene rings is 1. The molecule has 0 aliphatic carbocycles. The summed E-state index contributed by atoms with van der Waals surface area (Å²) in [6.07, 6.45) is 5.72. The Balaban J connectivity index is 2.47. The molecule has 1 aromatic heterocycles. The maximum atomic E-state index is 11.7. The quantitative estimate of drug-likeness (QED) is 0.591. The monoisotopic (exact) mass is 325 g/mol. The maximum absolute atomic E-state index is 11.7. The number of hydrogen-bond donors (Lipinski definition) is 3. The maximum Gasteiger partial charge on any atom is 0.328 e. The number of aromatic amines is 2. The molecule has 7 heteroatoms. The van der Waals surface area contributed by atoms with Gasteiger partial charge in [0.1, 0.15) is 11.6 Å². The smallest absolute Gasteiger partial charge is 0.328 e. The van der Waals surface area contributed by atoms with Gasteiger partial charge in [-0.05, 0) is 35.5 Å². The predicted molar refractivity (Wildman–Crippen MR) is 89.0 cm³/mol. The average molecular weight is 325 g/mol. The van der Waals surface area contributed by atoms with Crippen molar-refractivity contribution < 1.29 is 9.90 Å². The molecule has 23 heavy (non-hydrogen) atoms. The molecule has 114 valence electrons. The van der Waals surface area contributed by atoms with Crippen LogP contribution in [0.1, 0.15) is 22.4 Å². The van der Waals surface area contributed by atoms with Crippen LogP contribution in [0.5, 0.6) is 0 Å². The molecule has 0 radical (unpaired) electrons. The van der Waals surface area contributed by atoms with E-state index >= 15 is 0 Å². The van der Waals surface area contributed by atoms with E-state index in [0.717, 1.165) is 11.6 Å². The third-order valence-electron chi connectivity index (χ3n) is 2.91. The Hall–Kier alpha value is -3.24. The molecule has 0 atom stereocenters. The largest absolute Gasteiger partial charge is 0.478 e. The van der Waals surface area contributed by atoms with E-state index < -0.39 is 11.5 Å². The standard InChI is InChI=1S/C16H11N3O3S/c17-9-12-13(18-16(23)19-15(12)22)7-5-10-3-1-2-4-11(10)6-8-14(20)21/h1-8H,(H,20,21)(H2,18,19,22,23)/b7-5+,8-6+. The molecule has 0 saturated carbocycles. The summed E-state index contributed by atoms with van der Waals surface area (Å²) in [5.74, 6) is -1.05. The molecule has 0 fully saturated rings. The van der Waals surface area contributed by atoms with Gasteiger partial charge in [-0.3, -0.25) is 9.78 Å². The summed E-state index contributed by atoms with van der Waals surface area (Å²) >= 11 is 4.89. The molecule has 6 nitrogen and oxygen atoms in total. The first-order valence-electron chi connectivity index (χ1n) is 6.46. The molecule has 0 spiro atoms. The average Bonchev–Trinajstić information content (AvgIpc) is 2.51. The van der Waals surface area contributed by atoms with E-state index in [9.17, 15) is 9.59 Å². The number of nitriles is 1. The lowest BCUT2D eigenvalue weighted by Gasteiger charge is -2.01. The van der Waals surface area contributed by atoms with Crippen LogP contribution in [0, 0.1) is 16.1 Å². The van der Waals surface area contributed by atoms with Gasteiger partial charge in [0.2, 0.25) is 0 Å². The van der Waals surface area contributed by atoms with E-state index in [2.05, 4.69) is 9.97 Å². The summed E-state index contributed by atoms with van der Waals surface area (Å²) in [7, 11) is 0. The van der Waals surface area contributed by atoms with Crippen LogP contribution in [-0.2, 0) is 4.79 Å². The van der Waals surface area contributed by atoms with E-state index in [4.69, 9.17) is 22.6 Å². The van der Waals surface area contributed by atoms with Crippen molar-refractivity contribution in [3.05, 3.63) is 67.9 Å². The Labute approximate surface area is 136 Å². The number of rotatable bonds is 4. The number of aromatic nitrogens is 2. The van der Waals surface area contributed by atoms with Gasteiger partial charge in [0, 0.05) is 6.08 Å². The first-order valence-corrected chi connectivity index (χ1v) is 6.87. The molecule has 2 aromatic rings. The van der Waals surface area contributed by atoms with Crippen LogP contribution in [0.2, 0.25) is 0 Å². The van der Waals surface area contributed by atoms with E-state index in [-0.39, 0.29) is 10.3 Å². The van der Waals surface area contributed by atoms with Gasteiger partial charge >= 0.3 is 5.97 Å². The van der Waals surface area contributed by atoms with Gasteiger partial charge in [0.15, 0.2) is 4.77 Å². The van der Waals surface area contributed by atoms with Gasteiger partial charge in [0.05, 0.1) is 5.69 Å². The van der Waals surface area contributed by atoms with E-state index in [1.165, 1.54) is 6.08 Å². The highest BCUT2D eigenvalue weighted by Gasteiger charge is 2.05. The number of H-pyrrole nitrogens is 2. The molecule has 1 heterocycles. The topological polar surface area (TPSA) is 110 Å².